The number of methoxy groups -OCH3 is 1. The standard InChI is InChI=1S/C10H8F3N3O2S/c1-17-6-3-2-5(14)4-7(6)18-9-16-15-8(19-9)10(11,12)13/h2-4H,14H2,1H3. The number of aromatic nitrogens is 2. The van der Waals surface area contributed by atoms with E-state index >= 15 is 0 Å². The maximum Gasteiger partial charge on any atom is 0.445 e. The molecule has 0 fully saturated rings. The van der Waals surface area contributed by atoms with Gasteiger partial charge in [0.2, 0.25) is 5.01 Å². The van der Waals surface area contributed by atoms with Crippen LogP contribution in [-0.2, 0) is 6.18 Å². The molecule has 0 bridgehead atoms. The molecule has 2 N–H and O–H groups in total. The van der Waals surface area contributed by atoms with Gasteiger partial charge in [-0.25, -0.2) is 0 Å². The fraction of sp³-hybridized carbons (Fsp3) is 0.200. The summed E-state index contributed by atoms with van der Waals surface area (Å²) >= 11 is 0.294. The summed E-state index contributed by atoms with van der Waals surface area (Å²) in [6.07, 6.45) is -4.54. The molecule has 1 heterocycles. The van der Waals surface area contributed by atoms with E-state index in [-0.39, 0.29) is 10.9 Å². The molecule has 0 atom stereocenters. The second kappa shape index (κ2) is 4.92. The lowest BCUT2D eigenvalue weighted by Gasteiger charge is -2.08. The molecule has 2 aromatic rings. The molecule has 0 radical (unpaired) electrons. The molecule has 19 heavy (non-hydrogen) atoms. The van der Waals surface area contributed by atoms with Crippen molar-refractivity contribution in [1.82, 2.24) is 10.2 Å². The smallest absolute Gasteiger partial charge is 0.445 e. The summed E-state index contributed by atoms with van der Waals surface area (Å²) in [5, 5.41) is 5.00. The maximum absolute atomic E-state index is 12.4. The highest BCUT2D eigenvalue weighted by molar-refractivity contribution is 7.13. The van der Waals surface area contributed by atoms with Crippen LogP contribution in [0.3, 0.4) is 0 Å². The van der Waals surface area contributed by atoms with Crippen LogP contribution in [0.25, 0.3) is 0 Å². The molecule has 2 rings (SSSR count). The first-order valence-electron chi connectivity index (χ1n) is 4.92. The van der Waals surface area contributed by atoms with E-state index < -0.39 is 11.2 Å². The van der Waals surface area contributed by atoms with Crippen LogP contribution in [0.2, 0.25) is 0 Å². The number of anilines is 1. The normalized spacial score (nSPS) is 11.4. The zero-order chi connectivity index (χ0) is 14.0. The third kappa shape index (κ3) is 3.05. The summed E-state index contributed by atoms with van der Waals surface area (Å²) in [5.74, 6) is 0.505. The molecule has 1 aromatic carbocycles. The maximum atomic E-state index is 12.4. The van der Waals surface area contributed by atoms with Gasteiger partial charge in [-0.2, -0.15) is 13.2 Å². The summed E-state index contributed by atoms with van der Waals surface area (Å²) in [7, 11) is 1.40. The van der Waals surface area contributed by atoms with Crippen LogP contribution < -0.4 is 15.2 Å². The van der Waals surface area contributed by atoms with Crippen LogP contribution in [0.15, 0.2) is 18.2 Å². The molecule has 0 aliphatic carbocycles. The minimum atomic E-state index is -4.54. The summed E-state index contributed by atoms with van der Waals surface area (Å²) in [4.78, 5) is 0. The first-order valence-corrected chi connectivity index (χ1v) is 5.74. The second-order valence-corrected chi connectivity index (χ2v) is 4.32. The van der Waals surface area contributed by atoms with Gasteiger partial charge >= 0.3 is 6.18 Å². The van der Waals surface area contributed by atoms with E-state index in [1.54, 1.807) is 6.07 Å². The van der Waals surface area contributed by atoms with Gasteiger partial charge in [0.25, 0.3) is 5.19 Å². The Kier molecular flexibility index (Phi) is 3.47. The van der Waals surface area contributed by atoms with Gasteiger partial charge in [-0.05, 0) is 12.1 Å². The van der Waals surface area contributed by atoms with E-state index in [0.29, 0.717) is 22.8 Å². The molecular formula is C10H8F3N3O2S. The Bertz CT molecular complexity index is 586. The number of ether oxygens (including phenoxy) is 2. The molecule has 1 aromatic heterocycles. The Hall–Kier alpha value is -2.03. The van der Waals surface area contributed by atoms with Gasteiger partial charge in [-0.15, -0.1) is 5.10 Å². The Morgan fingerprint density at radius 3 is 2.53 bits per heavy atom. The van der Waals surface area contributed by atoms with Crippen molar-refractivity contribution < 1.29 is 22.6 Å². The Labute approximate surface area is 109 Å². The van der Waals surface area contributed by atoms with Crippen molar-refractivity contribution in [3.05, 3.63) is 23.2 Å². The van der Waals surface area contributed by atoms with E-state index in [0.717, 1.165) is 0 Å². The van der Waals surface area contributed by atoms with Crippen molar-refractivity contribution >= 4 is 17.0 Å². The molecule has 0 amide bonds. The number of benzene rings is 1. The SMILES string of the molecule is COc1ccc(N)cc1Oc1nnc(C(F)(F)F)s1. The lowest BCUT2D eigenvalue weighted by atomic mass is 10.3. The van der Waals surface area contributed by atoms with Crippen molar-refractivity contribution in [3.8, 4) is 16.7 Å². The molecule has 9 heteroatoms. The van der Waals surface area contributed by atoms with Crippen LogP contribution in [0.1, 0.15) is 5.01 Å². The highest BCUT2D eigenvalue weighted by Crippen LogP contribution is 2.38. The zero-order valence-corrected chi connectivity index (χ0v) is 10.4. The average Bonchev–Trinajstić information content (AvgIpc) is 2.77. The summed E-state index contributed by atoms with van der Waals surface area (Å²) in [6, 6.07) is 4.54. The first-order chi connectivity index (χ1) is 8.90. The van der Waals surface area contributed by atoms with Gasteiger partial charge in [0.05, 0.1) is 7.11 Å². The average molecular weight is 291 g/mol. The predicted molar refractivity (Wildman–Crippen MR) is 62.4 cm³/mol. The highest BCUT2D eigenvalue weighted by atomic mass is 32.1. The van der Waals surface area contributed by atoms with Gasteiger partial charge < -0.3 is 15.2 Å². The molecule has 5 nitrogen and oxygen atoms in total. The van der Waals surface area contributed by atoms with E-state index in [1.165, 1.54) is 19.2 Å². The Balaban J connectivity index is 2.26. The molecule has 0 spiro atoms. The summed E-state index contributed by atoms with van der Waals surface area (Å²) < 4.78 is 47.3. The van der Waals surface area contributed by atoms with Crippen LogP contribution in [0.5, 0.6) is 16.7 Å². The van der Waals surface area contributed by atoms with Crippen molar-refractivity contribution in [2.45, 2.75) is 6.18 Å². The highest BCUT2D eigenvalue weighted by Gasteiger charge is 2.36. The Morgan fingerprint density at radius 1 is 1.21 bits per heavy atom. The van der Waals surface area contributed by atoms with Crippen molar-refractivity contribution in [2.24, 2.45) is 0 Å². The van der Waals surface area contributed by atoms with Crippen LogP contribution in [-0.4, -0.2) is 17.3 Å². The second-order valence-electron chi connectivity index (χ2n) is 3.38. The lowest BCUT2D eigenvalue weighted by Crippen LogP contribution is -2.03. The molecular weight excluding hydrogens is 283 g/mol. The molecule has 0 aliphatic rings. The van der Waals surface area contributed by atoms with Gasteiger partial charge in [-0.3, -0.25) is 0 Å². The number of alkyl halides is 3. The first kappa shape index (κ1) is 13.4. The van der Waals surface area contributed by atoms with Crippen molar-refractivity contribution in [1.29, 1.82) is 0 Å². The van der Waals surface area contributed by atoms with Crippen molar-refractivity contribution in [2.75, 3.05) is 12.8 Å². The van der Waals surface area contributed by atoms with Crippen LogP contribution in [0.4, 0.5) is 18.9 Å². The van der Waals surface area contributed by atoms with Crippen molar-refractivity contribution in [3.63, 3.8) is 0 Å². The number of nitrogens with two attached hydrogens (primary N) is 1. The number of nitrogens with zero attached hydrogens (tertiary/aromatic N) is 2. The monoisotopic (exact) mass is 291 g/mol. The molecule has 102 valence electrons. The van der Waals surface area contributed by atoms with E-state index in [1.807, 2.05) is 0 Å². The van der Waals surface area contributed by atoms with Gasteiger partial charge in [-0.1, -0.05) is 16.4 Å². The topological polar surface area (TPSA) is 70.3 Å². The molecule has 0 saturated heterocycles. The lowest BCUT2D eigenvalue weighted by molar-refractivity contribution is -0.138. The number of halogens is 3. The third-order valence-electron chi connectivity index (χ3n) is 2.03. The number of nitrogen functional groups attached to an aromatic ring is 1. The number of hydrogen-bond acceptors (Lipinski definition) is 6. The Morgan fingerprint density at radius 2 is 1.95 bits per heavy atom. The van der Waals surface area contributed by atoms with Crippen LogP contribution in [0, 0.1) is 0 Å². The van der Waals surface area contributed by atoms with Gasteiger partial charge in [0.1, 0.15) is 0 Å². The van der Waals surface area contributed by atoms with E-state index in [2.05, 4.69) is 10.2 Å². The predicted octanol–water partition coefficient (Wildman–Crippen LogP) is 2.94. The molecule has 0 aliphatic heterocycles. The largest absolute Gasteiger partial charge is 0.493 e. The minimum absolute atomic E-state index is 0.173. The van der Waals surface area contributed by atoms with E-state index in [4.69, 9.17) is 15.2 Å². The number of hydrogen-bond donors (Lipinski definition) is 1. The third-order valence-corrected chi connectivity index (χ3v) is 2.88. The fourth-order valence-corrected chi connectivity index (χ4v) is 1.81. The molecule has 0 unspecified atom stereocenters. The van der Waals surface area contributed by atoms with Gasteiger partial charge in [0, 0.05) is 11.8 Å². The van der Waals surface area contributed by atoms with Gasteiger partial charge in [0.15, 0.2) is 11.5 Å². The van der Waals surface area contributed by atoms with E-state index in [9.17, 15) is 13.2 Å². The quantitative estimate of drug-likeness (QED) is 0.880. The minimum Gasteiger partial charge on any atom is -0.493 e. The summed E-state index contributed by atoms with van der Waals surface area (Å²) in [5.41, 5.74) is 5.95. The summed E-state index contributed by atoms with van der Waals surface area (Å²) in [6.45, 7) is 0. The zero-order valence-electron chi connectivity index (χ0n) is 9.56. The molecule has 0 saturated carbocycles. The fourth-order valence-electron chi connectivity index (χ4n) is 1.23. The number of rotatable bonds is 3. The van der Waals surface area contributed by atoms with Crippen LogP contribution >= 0.6 is 11.3 Å².